The van der Waals surface area contributed by atoms with E-state index in [2.05, 4.69) is 5.32 Å². The maximum atomic E-state index is 12.2. The molecule has 24 heavy (non-hydrogen) atoms. The first kappa shape index (κ1) is 15.4. The highest BCUT2D eigenvalue weighted by Crippen LogP contribution is 2.58. The van der Waals surface area contributed by atoms with Crippen molar-refractivity contribution < 1.29 is 9.72 Å². The molecular formula is C19H22N2O3. The molecule has 1 amide bonds. The minimum Gasteiger partial charge on any atom is -0.350 e. The third-order valence-corrected chi connectivity index (χ3v) is 6.26. The number of non-ortho nitro benzene ring substituents is 1. The van der Waals surface area contributed by atoms with Crippen LogP contribution in [0.1, 0.15) is 37.7 Å². The van der Waals surface area contributed by atoms with Gasteiger partial charge in [0.2, 0.25) is 5.91 Å². The Bertz CT molecular complexity index is 700. The zero-order valence-corrected chi connectivity index (χ0v) is 13.6. The second-order valence-corrected chi connectivity index (χ2v) is 7.45. The van der Waals surface area contributed by atoms with Crippen LogP contribution in [-0.4, -0.2) is 16.9 Å². The first-order valence-electron chi connectivity index (χ1n) is 8.85. The molecule has 1 aromatic rings. The number of benzene rings is 1. The van der Waals surface area contributed by atoms with Crippen LogP contribution in [0.15, 0.2) is 30.3 Å². The molecule has 0 aromatic heterocycles. The number of hydrogen-bond acceptors (Lipinski definition) is 3. The molecule has 126 valence electrons. The number of nitrogens with zero attached hydrogens (tertiary/aromatic N) is 1. The van der Waals surface area contributed by atoms with Gasteiger partial charge in [-0.25, -0.2) is 0 Å². The van der Waals surface area contributed by atoms with Crippen molar-refractivity contribution >= 4 is 17.7 Å². The van der Waals surface area contributed by atoms with Gasteiger partial charge in [0.1, 0.15) is 0 Å². The van der Waals surface area contributed by atoms with Gasteiger partial charge in [0.15, 0.2) is 0 Å². The molecular weight excluding hydrogens is 304 g/mol. The lowest BCUT2D eigenvalue weighted by Gasteiger charge is -2.31. The topological polar surface area (TPSA) is 72.2 Å². The van der Waals surface area contributed by atoms with Gasteiger partial charge in [0, 0.05) is 24.3 Å². The Hall–Kier alpha value is -2.17. The molecule has 4 rings (SSSR count). The first-order chi connectivity index (χ1) is 11.6. The van der Waals surface area contributed by atoms with Crippen molar-refractivity contribution in [2.24, 2.45) is 23.7 Å². The van der Waals surface area contributed by atoms with E-state index in [4.69, 9.17) is 0 Å². The predicted octanol–water partition coefficient (Wildman–Crippen LogP) is 3.55. The fourth-order valence-electron chi connectivity index (χ4n) is 5.38. The Morgan fingerprint density at radius 1 is 1.21 bits per heavy atom. The van der Waals surface area contributed by atoms with Crippen LogP contribution < -0.4 is 5.32 Å². The van der Waals surface area contributed by atoms with Crippen molar-refractivity contribution in [3.63, 3.8) is 0 Å². The van der Waals surface area contributed by atoms with Crippen molar-refractivity contribution in [1.29, 1.82) is 0 Å². The van der Waals surface area contributed by atoms with E-state index < -0.39 is 4.92 Å². The average molecular weight is 326 g/mol. The van der Waals surface area contributed by atoms with Crippen molar-refractivity contribution in [2.75, 3.05) is 0 Å². The third kappa shape index (κ3) is 2.72. The number of nitro benzene ring substituents is 1. The van der Waals surface area contributed by atoms with E-state index in [0.29, 0.717) is 17.5 Å². The lowest BCUT2D eigenvalue weighted by Crippen LogP contribution is -2.41. The maximum Gasteiger partial charge on any atom is 0.270 e. The van der Waals surface area contributed by atoms with Gasteiger partial charge in [-0.1, -0.05) is 18.6 Å². The highest BCUT2D eigenvalue weighted by molar-refractivity contribution is 5.92. The van der Waals surface area contributed by atoms with Gasteiger partial charge in [0.05, 0.1) is 4.92 Å². The number of nitrogens with one attached hydrogen (secondary N) is 1. The summed E-state index contributed by atoms with van der Waals surface area (Å²) in [6.07, 6.45) is 9.64. The van der Waals surface area contributed by atoms with E-state index in [9.17, 15) is 14.9 Å². The van der Waals surface area contributed by atoms with E-state index in [1.165, 1.54) is 43.9 Å². The first-order valence-corrected chi connectivity index (χ1v) is 8.85. The van der Waals surface area contributed by atoms with Gasteiger partial charge in [-0.05, 0) is 61.0 Å². The molecule has 3 saturated carbocycles. The molecule has 2 bridgehead atoms. The van der Waals surface area contributed by atoms with Crippen molar-refractivity contribution in [2.45, 2.75) is 38.1 Å². The second kappa shape index (κ2) is 6.04. The van der Waals surface area contributed by atoms with Crippen molar-refractivity contribution in [3.8, 4) is 0 Å². The normalized spacial score (nSPS) is 33.8. The van der Waals surface area contributed by atoms with Crippen LogP contribution in [0.4, 0.5) is 5.69 Å². The van der Waals surface area contributed by atoms with Gasteiger partial charge in [0.25, 0.3) is 5.69 Å². The molecule has 1 N–H and O–H groups in total. The summed E-state index contributed by atoms with van der Waals surface area (Å²) in [6.45, 7) is 0. The molecule has 5 nitrogen and oxygen atoms in total. The summed E-state index contributed by atoms with van der Waals surface area (Å²) in [5, 5.41) is 14.0. The van der Waals surface area contributed by atoms with Gasteiger partial charge in [-0.3, -0.25) is 14.9 Å². The highest BCUT2D eigenvalue weighted by Gasteiger charge is 2.53. The molecule has 5 heteroatoms. The number of fused-ring (bicyclic) bond motifs is 5. The maximum absolute atomic E-state index is 12.2. The lowest BCUT2D eigenvalue weighted by molar-refractivity contribution is -0.384. The minimum absolute atomic E-state index is 0.0398. The smallest absolute Gasteiger partial charge is 0.270 e. The number of rotatable bonds is 4. The van der Waals surface area contributed by atoms with Crippen LogP contribution in [0.3, 0.4) is 0 Å². The molecule has 3 aliphatic carbocycles. The minimum atomic E-state index is -0.426. The van der Waals surface area contributed by atoms with Gasteiger partial charge in [-0.2, -0.15) is 0 Å². The molecule has 0 spiro atoms. The van der Waals surface area contributed by atoms with Crippen LogP contribution in [0.2, 0.25) is 0 Å². The number of nitro groups is 1. The van der Waals surface area contributed by atoms with Crippen molar-refractivity contribution in [1.82, 2.24) is 5.32 Å². The Kier molecular flexibility index (Phi) is 3.87. The Balaban J connectivity index is 1.37. The van der Waals surface area contributed by atoms with Crippen molar-refractivity contribution in [3.05, 3.63) is 46.0 Å². The molecule has 0 radical (unpaired) electrons. The van der Waals surface area contributed by atoms with E-state index in [1.807, 2.05) is 0 Å². The molecule has 0 heterocycles. The summed E-state index contributed by atoms with van der Waals surface area (Å²) in [5.41, 5.74) is 0.709. The average Bonchev–Trinajstić information content (AvgIpc) is 3.26. The van der Waals surface area contributed by atoms with Crippen LogP contribution >= 0.6 is 0 Å². The SMILES string of the molecule is O=C(/C=C/c1cccc([N+](=O)[O-])c1)N[C@@H]1C[C@H]2C[C@H]1[C@@H]1CCC[C@H]21. The van der Waals surface area contributed by atoms with Crippen LogP contribution in [0.5, 0.6) is 0 Å². The van der Waals surface area contributed by atoms with Crippen LogP contribution in [0.25, 0.3) is 6.08 Å². The number of carbonyl (C=O) groups is 1. The summed E-state index contributed by atoms with van der Waals surface area (Å²) in [5.74, 6) is 3.14. The summed E-state index contributed by atoms with van der Waals surface area (Å²) < 4.78 is 0. The molecule has 3 aliphatic rings. The summed E-state index contributed by atoms with van der Waals surface area (Å²) in [4.78, 5) is 22.6. The molecule has 3 fully saturated rings. The molecule has 0 saturated heterocycles. The van der Waals surface area contributed by atoms with E-state index in [0.717, 1.165) is 24.2 Å². The van der Waals surface area contributed by atoms with Crippen LogP contribution in [0, 0.1) is 33.8 Å². The molecule has 1 aromatic carbocycles. The predicted molar refractivity (Wildman–Crippen MR) is 91.1 cm³/mol. The van der Waals surface area contributed by atoms with Gasteiger partial charge < -0.3 is 5.32 Å². The Morgan fingerprint density at radius 3 is 2.88 bits per heavy atom. The zero-order valence-electron chi connectivity index (χ0n) is 13.6. The second-order valence-electron chi connectivity index (χ2n) is 7.45. The largest absolute Gasteiger partial charge is 0.350 e. The highest BCUT2D eigenvalue weighted by atomic mass is 16.6. The number of hydrogen-bond donors (Lipinski definition) is 1. The summed E-state index contributed by atoms with van der Waals surface area (Å²) in [6, 6.07) is 6.63. The molecule has 5 atom stereocenters. The van der Waals surface area contributed by atoms with E-state index >= 15 is 0 Å². The lowest BCUT2D eigenvalue weighted by atomic mass is 9.79. The van der Waals surface area contributed by atoms with E-state index in [-0.39, 0.29) is 11.6 Å². The standard InChI is InChI=1S/C19H22N2O3/c22-19(8-7-12-3-1-4-14(9-12)21(23)24)20-18-11-13-10-17(18)16-6-2-5-15(13)16/h1,3-4,7-9,13,15-18H,2,5-6,10-11H2,(H,20,22)/b8-7+/t13-,15-,16-,17+,18-/m1/s1. The Morgan fingerprint density at radius 2 is 2.04 bits per heavy atom. The van der Waals surface area contributed by atoms with E-state index in [1.54, 1.807) is 18.2 Å². The van der Waals surface area contributed by atoms with Gasteiger partial charge >= 0.3 is 0 Å². The fourth-order valence-corrected chi connectivity index (χ4v) is 5.38. The molecule has 0 unspecified atom stereocenters. The fraction of sp³-hybridized carbons (Fsp3) is 0.526. The van der Waals surface area contributed by atoms with Crippen LogP contribution in [-0.2, 0) is 4.79 Å². The number of carbonyl (C=O) groups excluding carboxylic acids is 1. The Labute approximate surface area is 141 Å². The van der Waals surface area contributed by atoms with Gasteiger partial charge in [-0.15, -0.1) is 0 Å². The molecule has 0 aliphatic heterocycles. The zero-order chi connectivity index (χ0) is 16.7. The monoisotopic (exact) mass is 326 g/mol. The quantitative estimate of drug-likeness (QED) is 0.522. The number of amides is 1. The summed E-state index contributed by atoms with van der Waals surface area (Å²) in [7, 11) is 0. The third-order valence-electron chi connectivity index (χ3n) is 6.26. The summed E-state index contributed by atoms with van der Waals surface area (Å²) >= 11 is 0.